The van der Waals surface area contributed by atoms with E-state index in [0.717, 1.165) is 19.2 Å². The number of hydrogen-bond donors (Lipinski definition) is 3. The molecular formula is C26H29FN4O6. The maximum atomic E-state index is 15.5. The predicted molar refractivity (Wildman–Crippen MR) is 135 cm³/mol. The summed E-state index contributed by atoms with van der Waals surface area (Å²) in [4.78, 5) is 30.6. The molecule has 4 N–H and O–H groups in total. The number of aromatic nitrogens is 1. The van der Waals surface area contributed by atoms with Crippen LogP contribution in [0, 0.1) is 5.82 Å². The second kappa shape index (κ2) is 9.66. The molecule has 1 unspecified atom stereocenters. The van der Waals surface area contributed by atoms with Gasteiger partial charge in [-0.1, -0.05) is 6.07 Å². The van der Waals surface area contributed by atoms with Crippen LogP contribution in [0.4, 0.5) is 10.1 Å². The van der Waals surface area contributed by atoms with Crippen LogP contribution >= 0.6 is 0 Å². The monoisotopic (exact) mass is 512 g/mol. The van der Waals surface area contributed by atoms with Gasteiger partial charge in [0, 0.05) is 38.9 Å². The van der Waals surface area contributed by atoms with Gasteiger partial charge in [-0.3, -0.25) is 4.79 Å². The van der Waals surface area contributed by atoms with Crippen LogP contribution < -0.4 is 25.5 Å². The van der Waals surface area contributed by atoms with Gasteiger partial charge in [0.15, 0.2) is 23.1 Å². The molecule has 0 radical (unpaired) electrons. The fourth-order valence-electron chi connectivity index (χ4n) is 4.79. The number of nitrogens with two attached hydrogens (primary N) is 1. The summed E-state index contributed by atoms with van der Waals surface area (Å²) in [6, 6.07) is 4.89. The molecular weight excluding hydrogens is 483 g/mol. The van der Waals surface area contributed by atoms with Gasteiger partial charge in [0.1, 0.15) is 17.9 Å². The number of phenols is 1. The van der Waals surface area contributed by atoms with Crippen molar-refractivity contribution in [3.8, 4) is 17.2 Å². The lowest BCUT2D eigenvalue weighted by Crippen LogP contribution is -2.45. The average Bonchev–Trinajstić information content (AvgIpc) is 2.88. The molecule has 0 spiro atoms. The van der Waals surface area contributed by atoms with E-state index in [1.807, 2.05) is 18.9 Å². The Morgan fingerprint density at radius 1 is 1.27 bits per heavy atom. The zero-order valence-corrected chi connectivity index (χ0v) is 20.6. The zero-order valence-electron chi connectivity index (χ0n) is 20.6. The first kappa shape index (κ1) is 25.0. The number of carbonyl (C=O) groups excluding carboxylic acids is 1. The molecule has 0 saturated carbocycles. The van der Waals surface area contributed by atoms with Crippen LogP contribution in [0.1, 0.15) is 35.0 Å². The van der Waals surface area contributed by atoms with Crippen LogP contribution in [0.15, 0.2) is 35.3 Å². The summed E-state index contributed by atoms with van der Waals surface area (Å²) in [6.45, 7) is 4.77. The van der Waals surface area contributed by atoms with E-state index in [0.29, 0.717) is 29.9 Å². The number of hydrogen-bond acceptors (Lipinski definition) is 9. The summed E-state index contributed by atoms with van der Waals surface area (Å²) in [6.07, 6.45) is 0.371. The fraction of sp³-hybridized carbons (Fsp3) is 0.385. The summed E-state index contributed by atoms with van der Waals surface area (Å²) in [5.74, 6) is -1.92. The van der Waals surface area contributed by atoms with Gasteiger partial charge in [-0.2, -0.15) is 0 Å². The number of aliphatic hydroxyl groups excluding tert-OH is 1. The summed E-state index contributed by atoms with van der Waals surface area (Å²) in [5, 5.41) is 20.2. The number of aromatic hydroxyl groups is 1. The Kier molecular flexibility index (Phi) is 6.52. The molecule has 37 heavy (non-hydrogen) atoms. The molecule has 3 aromatic rings. The molecule has 196 valence electrons. The van der Waals surface area contributed by atoms with Crippen LogP contribution in [0.3, 0.4) is 0 Å². The number of anilines is 1. The maximum Gasteiger partial charge on any atom is 0.349 e. The lowest BCUT2D eigenvalue weighted by molar-refractivity contribution is 0.0726. The van der Waals surface area contributed by atoms with Gasteiger partial charge in [-0.25, -0.2) is 9.18 Å². The highest BCUT2D eigenvalue weighted by Gasteiger charge is 2.31. The Balaban J connectivity index is 1.59. The number of piperazine rings is 1. The summed E-state index contributed by atoms with van der Waals surface area (Å²) >= 11 is 0. The Morgan fingerprint density at radius 3 is 2.70 bits per heavy atom. The highest BCUT2D eigenvalue weighted by molar-refractivity contribution is 5.98. The number of pyridine rings is 1. The molecule has 1 saturated heterocycles. The topological polar surface area (TPSA) is 130 Å². The lowest BCUT2D eigenvalue weighted by Gasteiger charge is -2.37. The molecule has 2 aliphatic rings. The molecule has 1 fully saturated rings. The molecule has 11 heteroatoms. The van der Waals surface area contributed by atoms with Crippen LogP contribution in [-0.2, 0) is 0 Å². The van der Waals surface area contributed by atoms with E-state index in [1.54, 1.807) is 4.57 Å². The summed E-state index contributed by atoms with van der Waals surface area (Å²) < 4.78 is 28.6. The first-order valence-corrected chi connectivity index (χ1v) is 12.1. The first-order chi connectivity index (χ1) is 17.7. The Labute approximate surface area is 212 Å². The van der Waals surface area contributed by atoms with Crippen molar-refractivity contribution in [1.29, 1.82) is 0 Å². The van der Waals surface area contributed by atoms with Gasteiger partial charge < -0.3 is 39.8 Å². The largest absolute Gasteiger partial charge is 0.504 e. The third-order valence-electron chi connectivity index (χ3n) is 6.98. The van der Waals surface area contributed by atoms with Crippen molar-refractivity contribution in [2.24, 2.45) is 5.73 Å². The number of benzene rings is 2. The summed E-state index contributed by atoms with van der Waals surface area (Å²) in [5.41, 5.74) is 5.53. The zero-order chi connectivity index (χ0) is 26.4. The Hall–Kier alpha value is -3.67. The molecule has 2 aliphatic heterocycles. The molecule has 0 bridgehead atoms. The molecule has 2 aromatic carbocycles. The number of halogens is 1. The van der Waals surface area contributed by atoms with Crippen molar-refractivity contribution in [3.63, 3.8) is 0 Å². The smallest absolute Gasteiger partial charge is 0.349 e. The number of ether oxygens (including phenoxy) is 2. The predicted octanol–water partition coefficient (Wildman–Crippen LogP) is 1.76. The van der Waals surface area contributed by atoms with Crippen LogP contribution in [-0.4, -0.2) is 72.0 Å². The van der Waals surface area contributed by atoms with E-state index in [4.69, 9.17) is 15.2 Å². The van der Waals surface area contributed by atoms with Gasteiger partial charge in [-0.15, -0.1) is 0 Å². The van der Waals surface area contributed by atoms with Crippen LogP contribution in [0.2, 0.25) is 0 Å². The van der Waals surface area contributed by atoms with E-state index < -0.39 is 23.3 Å². The van der Waals surface area contributed by atoms with Gasteiger partial charge in [0.2, 0.25) is 5.43 Å². The van der Waals surface area contributed by atoms with Crippen molar-refractivity contribution in [2.45, 2.75) is 19.1 Å². The Morgan fingerprint density at radius 2 is 2.00 bits per heavy atom. The summed E-state index contributed by atoms with van der Waals surface area (Å²) in [7, 11) is 2.00. The van der Waals surface area contributed by atoms with Crippen molar-refractivity contribution in [1.82, 2.24) is 9.47 Å². The SMILES string of the molecule is C[C@H]1COc2c(N3CCN(C)CC3)c(F)cc3c(=O)c(C(=O)Oc4cc(C(O)CN)ccc4O)cn1c23. The highest BCUT2D eigenvalue weighted by Crippen LogP contribution is 2.42. The van der Waals surface area contributed by atoms with E-state index in [9.17, 15) is 19.8 Å². The van der Waals surface area contributed by atoms with E-state index in [2.05, 4.69) is 4.90 Å². The van der Waals surface area contributed by atoms with Crippen molar-refractivity contribution in [2.75, 3.05) is 51.3 Å². The molecule has 10 nitrogen and oxygen atoms in total. The van der Waals surface area contributed by atoms with Crippen molar-refractivity contribution in [3.05, 3.63) is 57.6 Å². The third-order valence-corrected chi connectivity index (χ3v) is 6.98. The van der Waals surface area contributed by atoms with Crippen LogP contribution in [0.5, 0.6) is 17.2 Å². The van der Waals surface area contributed by atoms with Gasteiger partial charge in [0.05, 0.1) is 23.0 Å². The van der Waals surface area contributed by atoms with Crippen molar-refractivity contribution < 1.29 is 28.9 Å². The third kappa shape index (κ3) is 4.39. The first-order valence-electron chi connectivity index (χ1n) is 12.1. The number of phenolic OH excluding ortho intramolecular Hbond substituents is 1. The minimum absolute atomic E-state index is 0.00269. The number of aliphatic hydroxyl groups is 1. The van der Waals surface area contributed by atoms with E-state index >= 15 is 4.39 Å². The second-order valence-corrected chi connectivity index (χ2v) is 9.53. The number of carbonyl (C=O) groups is 1. The van der Waals surface area contributed by atoms with Gasteiger partial charge in [-0.05, 0) is 37.7 Å². The van der Waals surface area contributed by atoms with Gasteiger partial charge >= 0.3 is 5.97 Å². The number of esters is 1. The standard InChI is InChI=1S/C26H29FN4O6/c1-14-13-36-25-22-16(10-18(27)23(25)30-7-5-29(2)6-8-30)24(34)17(12-31(14)22)26(35)37-21-9-15(20(33)11-28)3-4-19(21)32/h3-4,9-10,12,14,20,32-33H,5-8,11,13,28H2,1-2H3/t14-,20?/m0/s1. The molecule has 1 aromatic heterocycles. The minimum Gasteiger partial charge on any atom is -0.504 e. The number of likely N-dealkylation sites (N-methyl/N-ethyl adjacent to an activating group) is 1. The Bertz CT molecular complexity index is 1430. The van der Waals surface area contributed by atoms with Crippen molar-refractivity contribution >= 4 is 22.6 Å². The normalized spacial score (nSPS) is 18.5. The van der Waals surface area contributed by atoms with Crippen LogP contribution in [0.25, 0.3) is 10.9 Å². The van der Waals surface area contributed by atoms with E-state index in [-0.39, 0.29) is 47.4 Å². The minimum atomic E-state index is -1.02. The molecule has 2 atom stereocenters. The van der Waals surface area contributed by atoms with Gasteiger partial charge in [0.25, 0.3) is 0 Å². The molecule has 3 heterocycles. The number of nitrogens with zero attached hydrogens (tertiary/aromatic N) is 3. The quantitative estimate of drug-likeness (QED) is 0.346. The molecule has 0 amide bonds. The average molecular weight is 513 g/mol. The van der Waals surface area contributed by atoms with E-state index in [1.165, 1.54) is 24.4 Å². The highest BCUT2D eigenvalue weighted by atomic mass is 19.1. The lowest BCUT2D eigenvalue weighted by atomic mass is 10.1. The fourth-order valence-corrected chi connectivity index (χ4v) is 4.79. The second-order valence-electron chi connectivity index (χ2n) is 9.53. The molecule has 0 aliphatic carbocycles. The number of rotatable bonds is 5. The maximum absolute atomic E-state index is 15.5. The molecule has 5 rings (SSSR count).